The monoisotopic (exact) mass is 413 g/mol. The van der Waals surface area contributed by atoms with Crippen LogP contribution in [0, 0.1) is 11.2 Å². The van der Waals surface area contributed by atoms with E-state index in [4.69, 9.17) is 4.42 Å². The van der Waals surface area contributed by atoms with Gasteiger partial charge in [0.15, 0.2) is 5.78 Å². The molecule has 150 valence electrons. The summed E-state index contributed by atoms with van der Waals surface area (Å²) in [4.78, 5) is 24.4. The highest BCUT2D eigenvalue weighted by atomic mass is 32.2. The van der Waals surface area contributed by atoms with Gasteiger partial charge < -0.3 is 9.73 Å². The molecule has 1 aromatic heterocycles. The molecular weight excluding hydrogens is 393 g/mol. The van der Waals surface area contributed by atoms with Crippen molar-refractivity contribution < 1.29 is 18.4 Å². The number of hydrogen-bond donors (Lipinski definition) is 1. The third-order valence-electron chi connectivity index (χ3n) is 3.98. The summed E-state index contributed by atoms with van der Waals surface area (Å²) in [7, 11) is 0. The number of hydrogen-bond acceptors (Lipinski definition) is 6. The molecule has 1 heterocycles. The van der Waals surface area contributed by atoms with Crippen LogP contribution in [0.3, 0.4) is 0 Å². The van der Waals surface area contributed by atoms with Crippen LogP contribution in [-0.4, -0.2) is 27.6 Å². The SMILES string of the molecule is CC(C)(C)C(=O)Nc1ccc(C(=O)CSc2nnc(-c3ccccc3F)o2)cc1. The second kappa shape index (κ2) is 8.57. The van der Waals surface area contributed by atoms with Crippen LogP contribution in [0.1, 0.15) is 31.1 Å². The van der Waals surface area contributed by atoms with Crippen molar-refractivity contribution in [3.63, 3.8) is 0 Å². The number of nitrogens with one attached hydrogen (secondary N) is 1. The van der Waals surface area contributed by atoms with Gasteiger partial charge in [0.25, 0.3) is 11.1 Å². The number of amides is 1. The van der Waals surface area contributed by atoms with E-state index >= 15 is 0 Å². The van der Waals surface area contributed by atoms with Crippen LogP contribution in [-0.2, 0) is 4.79 Å². The molecule has 0 bridgehead atoms. The molecule has 1 N–H and O–H groups in total. The van der Waals surface area contributed by atoms with Gasteiger partial charge in [0.2, 0.25) is 5.91 Å². The number of aromatic nitrogens is 2. The van der Waals surface area contributed by atoms with Gasteiger partial charge in [-0.25, -0.2) is 4.39 Å². The van der Waals surface area contributed by atoms with E-state index < -0.39 is 11.2 Å². The van der Waals surface area contributed by atoms with Gasteiger partial charge in [-0.1, -0.05) is 44.7 Å². The van der Waals surface area contributed by atoms with Crippen molar-refractivity contribution in [1.82, 2.24) is 10.2 Å². The summed E-state index contributed by atoms with van der Waals surface area (Å²) in [5.41, 5.74) is 0.836. The van der Waals surface area contributed by atoms with Crippen LogP contribution in [0.5, 0.6) is 0 Å². The van der Waals surface area contributed by atoms with Gasteiger partial charge in [-0.2, -0.15) is 0 Å². The van der Waals surface area contributed by atoms with E-state index in [-0.39, 0.29) is 34.1 Å². The van der Waals surface area contributed by atoms with E-state index in [0.29, 0.717) is 11.3 Å². The van der Waals surface area contributed by atoms with E-state index in [1.165, 1.54) is 6.07 Å². The highest BCUT2D eigenvalue weighted by Crippen LogP contribution is 2.25. The number of nitrogens with zero attached hydrogens (tertiary/aromatic N) is 2. The lowest BCUT2D eigenvalue weighted by molar-refractivity contribution is -0.123. The summed E-state index contributed by atoms with van der Waals surface area (Å²) in [6.45, 7) is 5.48. The smallest absolute Gasteiger partial charge is 0.277 e. The standard InChI is InChI=1S/C21H20FN3O3S/c1-21(2,3)19(27)23-14-10-8-13(9-11-14)17(26)12-29-20-25-24-18(28-20)15-6-4-5-7-16(15)22/h4-11H,12H2,1-3H3,(H,23,27). The number of benzene rings is 2. The first-order valence-electron chi connectivity index (χ1n) is 8.90. The zero-order chi connectivity index (χ0) is 21.0. The molecule has 0 fully saturated rings. The highest BCUT2D eigenvalue weighted by molar-refractivity contribution is 7.99. The molecule has 0 radical (unpaired) electrons. The number of halogens is 1. The number of anilines is 1. The van der Waals surface area contributed by atoms with Crippen LogP contribution in [0.25, 0.3) is 11.5 Å². The first kappa shape index (κ1) is 20.7. The maximum Gasteiger partial charge on any atom is 0.277 e. The molecule has 0 aliphatic heterocycles. The van der Waals surface area contributed by atoms with Crippen LogP contribution >= 0.6 is 11.8 Å². The Bertz CT molecular complexity index is 1030. The molecule has 0 atom stereocenters. The van der Waals surface area contributed by atoms with Gasteiger partial charge in [-0.15, -0.1) is 10.2 Å². The van der Waals surface area contributed by atoms with Gasteiger partial charge in [-0.3, -0.25) is 9.59 Å². The maximum atomic E-state index is 13.8. The van der Waals surface area contributed by atoms with Gasteiger partial charge >= 0.3 is 0 Å². The lowest BCUT2D eigenvalue weighted by Crippen LogP contribution is -2.27. The van der Waals surface area contributed by atoms with E-state index in [2.05, 4.69) is 15.5 Å². The molecule has 0 unspecified atom stereocenters. The highest BCUT2D eigenvalue weighted by Gasteiger charge is 2.21. The summed E-state index contributed by atoms with van der Waals surface area (Å²) in [5, 5.41) is 10.7. The molecule has 0 saturated carbocycles. The molecule has 3 rings (SSSR count). The quantitative estimate of drug-likeness (QED) is 0.460. The fourth-order valence-corrected chi connectivity index (χ4v) is 2.94. The second-order valence-electron chi connectivity index (χ2n) is 7.35. The Morgan fingerprint density at radius 3 is 2.41 bits per heavy atom. The third kappa shape index (κ3) is 5.29. The summed E-state index contributed by atoms with van der Waals surface area (Å²) in [6, 6.07) is 12.8. The number of ketones is 1. The fourth-order valence-electron chi connectivity index (χ4n) is 2.28. The molecule has 0 spiro atoms. The first-order valence-corrected chi connectivity index (χ1v) is 9.88. The average Bonchev–Trinajstić information content (AvgIpc) is 3.15. The summed E-state index contributed by atoms with van der Waals surface area (Å²) < 4.78 is 19.2. The summed E-state index contributed by atoms with van der Waals surface area (Å²) >= 11 is 1.08. The average molecular weight is 413 g/mol. The Kier molecular flexibility index (Phi) is 6.12. The zero-order valence-corrected chi connectivity index (χ0v) is 17.0. The predicted octanol–water partition coefficient (Wildman–Crippen LogP) is 4.84. The van der Waals surface area contributed by atoms with Crippen molar-refractivity contribution in [2.75, 3.05) is 11.1 Å². The number of carbonyl (C=O) groups is 2. The van der Waals surface area contributed by atoms with E-state index in [1.807, 2.05) is 20.8 Å². The van der Waals surface area contributed by atoms with Crippen molar-refractivity contribution in [2.45, 2.75) is 26.0 Å². The van der Waals surface area contributed by atoms with Gasteiger partial charge in [0.05, 0.1) is 11.3 Å². The number of rotatable bonds is 6. The molecule has 8 heteroatoms. The zero-order valence-electron chi connectivity index (χ0n) is 16.2. The maximum absolute atomic E-state index is 13.8. The largest absolute Gasteiger partial charge is 0.411 e. The summed E-state index contributed by atoms with van der Waals surface area (Å²) in [6.07, 6.45) is 0. The molecule has 0 aliphatic carbocycles. The Morgan fingerprint density at radius 2 is 1.76 bits per heavy atom. The van der Waals surface area contributed by atoms with Crippen molar-refractivity contribution in [1.29, 1.82) is 0 Å². The number of Topliss-reactive ketones (excluding diaryl/α,β-unsaturated/α-hetero) is 1. The molecule has 3 aromatic rings. The van der Waals surface area contributed by atoms with Crippen LogP contribution in [0.4, 0.5) is 10.1 Å². The van der Waals surface area contributed by atoms with Crippen LogP contribution < -0.4 is 5.32 Å². The van der Waals surface area contributed by atoms with Crippen molar-refractivity contribution in [2.24, 2.45) is 5.41 Å². The minimum Gasteiger partial charge on any atom is -0.411 e. The molecular formula is C21H20FN3O3S. The first-order chi connectivity index (χ1) is 13.7. The van der Waals surface area contributed by atoms with E-state index in [1.54, 1.807) is 42.5 Å². The molecule has 6 nitrogen and oxygen atoms in total. The van der Waals surface area contributed by atoms with Gasteiger partial charge in [0.1, 0.15) is 5.82 Å². The lowest BCUT2D eigenvalue weighted by atomic mass is 9.95. The number of carbonyl (C=O) groups excluding carboxylic acids is 2. The minimum atomic E-state index is -0.503. The second-order valence-corrected chi connectivity index (χ2v) is 8.27. The molecule has 0 aliphatic rings. The van der Waals surface area contributed by atoms with Gasteiger partial charge in [0, 0.05) is 16.7 Å². The summed E-state index contributed by atoms with van der Waals surface area (Å²) in [5.74, 6) is -0.532. The van der Waals surface area contributed by atoms with Crippen LogP contribution in [0.2, 0.25) is 0 Å². The van der Waals surface area contributed by atoms with Crippen molar-refractivity contribution in [3.8, 4) is 11.5 Å². The molecule has 2 aromatic carbocycles. The lowest BCUT2D eigenvalue weighted by Gasteiger charge is -2.17. The van der Waals surface area contributed by atoms with E-state index in [0.717, 1.165) is 11.8 Å². The van der Waals surface area contributed by atoms with Crippen LogP contribution in [0.15, 0.2) is 58.2 Å². The van der Waals surface area contributed by atoms with Crippen molar-refractivity contribution >= 4 is 29.1 Å². The topological polar surface area (TPSA) is 85.1 Å². The number of thioether (sulfide) groups is 1. The molecule has 1 amide bonds. The Balaban J connectivity index is 1.59. The molecule has 0 saturated heterocycles. The molecule has 29 heavy (non-hydrogen) atoms. The normalized spacial score (nSPS) is 11.3. The third-order valence-corrected chi connectivity index (χ3v) is 4.80. The van der Waals surface area contributed by atoms with Gasteiger partial charge in [-0.05, 0) is 36.4 Å². The Hall–Kier alpha value is -3.00. The fraction of sp³-hybridized carbons (Fsp3) is 0.238. The van der Waals surface area contributed by atoms with Crippen molar-refractivity contribution in [3.05, 3.63) is 59.9 Å². The Labute approximate surface area is 171 Å². The predicted molar refractivity (Wildman–Crippen MR) is 109 cm³/mol. The van der Waals surface area contributed by atoms with E-state index in [9.17, 15) is 14.0 Å². The minimum absolute atomic E-state index is 0.0667. The Morgan fingerprint density at radius 1 is 1.07 bits per heavy atom.